The number of hydrogen-bond acceptors (Lipinski definition) is 5. The van der Waals surface area contributed by atoms with Gasteiger partial charge in [0.15, 0.2) is 0 Å². The smallest absolute Gasteiger partial charge is 0.236 e. The Morgan fingerprint density at radius 2 is 1.74 bits per heavy atom. The zero-order chi connectivity index (χ0) is 19.0. The number of aliphatic hydroxyl groups excluding tert-OH is 2. The van der Waals surface area contributed by atoms with E-state index in [4.69, 9.17) is 0 Å². The Labute approximate surface area is 161 Å². The van der Waals surface area contributed by atoms with Crippen molar-refractivity contribution in [2.75, 3.05) is 50.7 Å². The average Bonchev–Trinajstić information content (AvgIpc) is 2.69. The molecule has 0 bridgehead atoms. The molecule has 2 atom stereocenters. The summed E-state index contributed by atoms with van der Waals surface area (Å²) in [6.07, 6.45) is 1.10. The quantitative estimate of drug-likeness (QED) is 0.822. The highest BCUT2D eigenvalue weighted by Crippen LogP contribution is 2.49. The molecule has 3 aliphatic rings. The fraction of sp³-hybridized carbons (Fsp3) is 0.667. The largest absolute Gasteiger partial charge is 0.392 e. The van der Waals surface area contributed by atoms with Crippen LogP contribution in [0, 0.1) is 12.3 Å². The van der Waals surface area contributed by atoms with Crippen molar-refractivity contribution in [3.63, 3.8) is 0 Å². The monoisotopic (exact) mass is 373 g/mol. The van der Waals surface area contributed by atoms with E-state index in [9.17, 15) is 15.0 Å². The second-order valence-electron chi connectivity index (χ2n) is 8.48. The molecule has 3 fully saturated rings. The third-order valence-corrected chi connectivity index (χ3v) is 6.92. The Bertz CT molecular complexity index is 669. The van der Waals surface area contributed by atoms with Crippen LogP contribution in [0.15, 0.2) is 24.3 Å². The van der Waals surface area contributed by atoms with E-state index in [1.807, 2.05) is 4.90 Å². The van der Waals surface area contributed by atoms with Crippen molar-refractivity contribution in [1.82, 2.24) is 9.80 Å². The average molecular weight is 373 g/mol. The van der Waals surface area contributed by atoms with Gasteiger partial charge >= 0.3 is 0 Å². The maximum Gasteiger partial charge on any atom is 0.236 e. The Hall–Kier alpha value is -1.63. The summed E-state index contributed by atoms with van der Waals surface area (Å²) < 4.78 is 0. The fourth-order valence-corrected chi connectivity index (χ4v) is 4.86. The molecule has 6 heteroatoms. The van der Waals surface area contributed by atoms with E-state index in [1.165, 1.54) is 11.3 Å². The number of benzene rings is 1. The standard InChI is InChI=1S/C21H31N3O3/c1-16-3-2-4-17(13-16)23-11-9-22(10-12-23)15-20(27)24-7-5-21(6-8-24)18(25)14-19(21)26/h2-4,13,18-19,25-26H,5-12,14-15H2,1H3/t18-,19+. The molecule has 6 nitrogen and oxygen atoms in total. The zero-order valence-corrected chi connectivity index (χ0v) is 16.2. The number of piperidine rings is 1. The Kier molecular flexibility index (Phi) is 5.14. The molecule has 1 saturated carbocycles. The SMILES string of the molecule is Cc1cccc(N2CCN(CC(=O)N3CCC4(CC3)[C@H](O)C[C@@H]4O)CC2)c1. The first-order chi connectivity index (χ1) is 13.0. The maximum atomic E-state index is 12.7. The van der Waals surface area contributed by atoms with Crippen molar-refractivity contribution in [3.8, 4) is 0 Å². The third-order valence-electron chi connectivity index (χ3n) is 6.92. The molecule has 0 unspecified atom stereocenters. The van der Waals surface area contributed by atoms with Crippen LogP contribution < -0.4 is 4.90 Å². The van der Waals surface area contributed by atoms with Crippen LogP contribution in [0.4, 0.5) is 5.69 Å². The van der Waals surface area contributed by atoms with E-state index in [0.29, 0.717) is 38.9 Å². The molecule has 2 saturated heterocycles. The summed E-state index contributed by atoms with van der Waals surface area (Å²) in [5.41, 5.74) is 2.19. The van der Waals surface area contributed by atoms with Gasteiger partial charge in [0.25, 0.3) is 0 Å². The molecule has 0 radical (unpaired) electrons. The van der Waals surface area contributed by atoms with Gasteiger partial charge < -0.3 is 20.0 Å². The van der Waals surface area contributed by atoms with Gasteiger partial charge in [-0.1, -0.05) is 12.1 Å². The lowest BCUT2D eigenvalue weighted by Crippen LogP contribution is -2.62. The molecular formula is C21H31N3O3. The summed E-state index contributed by atoms with van der Waals surface area (Å²) in [7, 11) is 0. The second-order valence-corrected chi connectivity index (χ2v) is 8.48. The van der Waals surface area contributed by atoms with Crippen molar-refractivity contribution in [1.29, 1.82) is 0 Å². The van der Waals surface area contributed by atoms with Gasteiger partial charge in [0.05, 0.1) is 18.8 Å². The minimum Gasteiger partial charge on any atom is -0.392 e. The molecule has 1 amide bonds. The summed E-state index contributed by atoms with van der Waals surface area (Å²) >= 11 is 0. The minimum atomic E-state index is -0.403. The first-order valence-electron chi connectivity index (χ1n) is 10.2. The Morgan fingerprint density at radius 3 is 2.33 bits per heavy atom. The van der Waals surface area contributed by atoms with Crippen LogP contribution in [0.5, 0.6) is 0 Å². The minimum absolute atomic E-state index is 0.178. The van der Waals surface area contributed by atoms with E-state index < -0.39 is 12.2 Å². The number of nitrogens with zero attached hydrogens (tertiary/aromatic N) is 3. The number of aliphatic hydroxyl groups is 2. The van der Waals surface area contributed by atoms with Crippen LogP contribution in [0.2, 0.25) is 0 Å². The number of carbonyl (C=O) groups excluding carboxylic acids is 1. The molecule has 148 valence electrons. The topological polar surface area (TPSA) is 67.2 Å². The van der Waals surface area contributed by atoms with Gasteiger partial charge in [-0.3, -0.25) is 9.69 Å². The van der Waals surface area contributed by atoms with Crippen LogP contribution in [0.25, 0.3) is 0 Å². The summed E-state index contributed by atoms with van der Waals surface area (Å²) in [4.78, 5) is 19.2. The summed E-state index contributed by atoms with van der Waals surface area (Å²) in [5.74, 6) is 0.178. The zero-order valence-electron chi connectivity index (χ0n) is 16.2. The van der Waals surface area contributed by atoms with Gasteiger partial charge in [-0.15, -0.1) is 0 Å². The number of rotatable bonds is 3. The first-order valence-corrected chi connectivity index (χ1v) is 10.2. The van der Waals surface area contributed by atoms with E-state index in [-0.39, 0.29) is 11.3 Å². The molecule has 27 heavy (non-hydrogen) atoms. The van der Waals surface area contributed by atoms with Crippen molar-refractivity contribution in [2.24, 2.45) is 5.41 Å². The van der Waals surface area contributed by atoms with Gasteiger partial charge in [-0.2, -0.15) is 0 Å². The molecule has 2 aliphatic heterocycles. The van der Waals surface area contributed by atoms with Crippen molar-refractivity contribution in [2.45, 2.75) is 38.4 Å². The molecule has 2 heterocycles. The highest BCUT2D eigenvalue weighted by Gasteiger charge is 2.55. The lowest BCUT2D eigenvalue weighted by atomic mass is 9.58. The number of amides is 1. The lowest BCUT2D eigenvalue weighted by molar-refractivity contribution is -0.191. The van der Waals surface area contributed by atoms with Crippen molar-refractivity contribution in [3.05, 3.63) is 29.8 Å². The highest BCUT2D eigenvalue weighted by atomic mass is 16.3. The normalized spacial score (nSPS) is 28.3. The summed E-state index contributed by atoms with van der Waals surface area (Å²) in [5, 5.41) is 20.1. The number of piperazine rings is 1. The number of carbonyl (C=O) groups is 1. The summed E-state index contributed by atoms with van der Waals surface area (Å²) in [6.45, 7) is 7.56. The second kappa shape index (κ2) is 7.41. The predicted molar refractivity (Wildman–Crippen MR) is 105 cm³/mol. The maximum absolute atomic E-state index is 12.7. The molecule has 1 spiro atoms. The molecule has 1 aromatic rings. The predicted octanol–water partition coefficient (Wildman–Crippen LogP) is 0.851. The van der Waals surface area contributed by atoms with Crippen LogP contribution in [0.3, 0.4) is 0 Å². The van der Waals surface area contributed by atoms with Gasteiger partial charge in [0.1, 0.15) is 0 Å². The van der Waals surface area contributed by atoms with Crippen LogP contribution in [0.1, 0.15) is 24.8 Å². The summed E-state index contributed by atoms with van der Waals surface area (Å²) in [6, 6.07) is 8.58. The van der Waals surface area contributed by atoms with E-state index in [2.05, 4.69) is 41.0 Å². The first kappa shape index (κ1) is 18.7. The number of anilines is 1. The van der Waals surface area contributed by atoms with E-state index >= 15 is 0 Å². The number of aryl methyl sites for hydroxylation is 1. The number of likely N-dealkylation sites (tertiary alicyclic amines) is 1. The molecular weight excluding hydrogens is 342 g/mol. The third kappa shape index (κ3) is 3.58. The lowest BCUT2D eigenvalue weighted by Gasteiger charge is -2.55. The number of hydrogen-bond donors (Lipinski definition) is 2. The molecule has 1 aromatic carbocycles. The fourth-order valence-electron chi connectivity index (χ4n) is 4.86. The highest BCUT2D eigenvalue weighted by molar-refractivity contribution is 5.78. The molecule has 1 aliphatic carbocycles. The van der Waals surface area contributed by atoms with Crippen LogP contribution in [-0.4, -0.2) is 83.9 Å². The van der Waals surface area contributed by atoms with Gasteiger partial charge in [-0.25, -0.2) is 0 Å². The van der Waals surface area contributed by atoms with Crippen molar-refractivity contribution < 1.29 is 15.0 Å². The van der Waals surface area contributed by atoms with E-state index in [1.54, 1.807) is 0 Å². The van der Waals surface area contributed by atoms with Gasteiger partial charge in [0.2, 0.25) is 5.91 Å². The van der Waals surface area contributed by atoms with Crippen LogP contribution in [-0.2, 0) is 4.79 Å². The molecule has 4 rings (SSSR count). The van der Waals surface area contributed by atoms with Gasteiger partial charge in [-0.05, 0) is 37.5 Å². The van der Waals surface area contributed by atoms with Crippen molar-refractivity contribution >= 4 is 11.6 Å². The van der Waals surface area contributed by atoms with Crippen LogP contribution >= 0.6 is 0 Å². The van der Waals surface area contributed by atoms with E-state index in [0.717, 1.165) is 26.2 Å². The van der Waals surface area contributed by atoms with Gasteiger partial charge in [0, 0.05) is 56.8 Å². The Morgan fingerprint density at radius 1 is 1.07 bits per heavy atom. The Balaban J connectivity index is 1.24. The molecule has 0 aromatic heterocycles. The molecule has 2 N–H and O–H groups in total.